The number of aliphatic imine (C=N–C) groups is 1. The number of ether oxygens (including phenoxy) is 1. The van der Waals surface area contributed by atoms with Crippen molar-refractivity contribution in [3.63, 3.8) is 0 Å². The van der Waals surface area contributed by atoms with E-state index in [1.165, 1.54) is 5.56 Å². The first-order valence-electron chi connectivity index (χ1n) is 13.0. The molecule has 0 saturated carbocycles. The molecule has 37 heavy (non-hydrogen) atoms. The number of sulfone groups is 1. The Morgan fingerprint density at radius 1 is 1.14 bits per heavy atom. The van der Waals surface area contributed by atoms with Crippen LogP contribution in [0.2, 0.25) is 0 Å². The van der Waals surface area contributed by atoms with Crippen molar-refractivity contribution >= 4 is 21.7 Å². The summed E-state index contributed by atoms with van der Waals surface area (Å²) in [6, 6.07) is 11.1. The minimum atomic E-state index is -3.49. The van der Waals surface area contributed by atoms with Gasteiger partial charge in [-0.3, -0.25) is 5.73 Å². The lowest BCUT2D eigenvalue weighted by Crippen LogP contribution is -2.51. The third kappa shape index (κ3) is 5.84. The molecule has 0 aromatic heterocycles. The van der Waals surface area contributed by atoms with E-state index in [-0.39, 0.29) is 11.0 Å². The van der Waals surface area contributed by atoms with Crippen molar-refractivity contribution in [2.75, 3.05) is 18.4 Å². The molecule has 8 nitrogen and oxygen atoms in total. The van der Waals surface area contributed by atoms with E-state index in [4.69, 9.17) is 10.5 Å². The van der Waals surface area contributed by atoms with Crippen LogP contribution in [-0.4, -0.2) is 39.1 Å². The van der Waals surface area contributed by atoms with Gasteiger partial charge in [0.15, 0.2) is 9.84 Å². The summed E-state index contributed by atoms with van der Waals surface area (Å²) in [5.41, 5.74) is 10.5. The Morgan fingerprint density at radius 2 is 1.84 bits per heavy atom. The molecule has 2 aromatic carbocycles. The number of anilines is 1. The van der Waals surface area contributed by atoms with Crippen LogP contribution < -0.4 is 26.4 Å². The second-order valence-electron chi connectivity index (χ2n) is 10.4. The molecule has 1 atom stereocenters. The molecule has 2 aromatic rings. The number of hydrogen-bond donors (Lipinski definition) is 4. The topological polar surface area (TPSA) is 118 Å². The summed E-state index contributed by atoms with van der Waals surface area (Å²) >= 11 is 0. The van der Waals surface area contributed by atoms with E-state index in [0.717, 1.165) is 37.1 Å². The Kier molecular flexibility index (Phi) is 7.96. The fraction of sp³-hybridized carbons (Fsp3) is 0.464. The molecule has 1 saturated heterocycles. The van der Waals surface area contributed by atoms with Crippen LogP contribution in [-0.2, 0) is 15.6 Å². The van der Waals surface area contributed by atoms with Crippen LogP contribution in [0.3, 0.4) is 0 Å². The van der Waals surface area contributed by atoms with E-state index < -0.39 is 20.9 Å². The van der Waals surface area contributed by atoms with Crippen molar-refractivity contribution in [2.24, 2.45) is 10.7 Å². The number of nitrogens with zero attached hydrogens (tertiary/aromatic N) is 1. The summed E-state index contributed by atoms with van der Waals surface area (Å²) in [7, 11) is -3.49. The first kappa shape index (κ1) is 27.2. The van der Waals surface area contributed by atoms with E-state index >= 15 is 0 Å². The zero-order valence-corrected chi connectivity index (χ0v) is 23.2. The van der Waals surface area contributed by atoms with Gasteiger partial charge in [0.1, 0.15) is 11.6 Å². The van der Waals surface area contributed by atoms with Crippen molar-refractivity contribution in [2.45, 2.75) is 75.4 Å². The molecule has 2 aliphatic rings. The zero-order valence-electron chi connectivity index (χ0n) is 22.3. The first-order valence-corrected chi connectivity index (χ1v) is 14.5. The summed E-state index contributed by atoms with van der Waals surface area (Å²) in [6.07, 6.45) is 5.50. The zero-order chi connectivity index (χ0) is 26.8. The number of benzene rings is 2. The minimum absolute atomic E-state index is 0.0419. The second kappa shape index (κ2) is 10.8. The summed E-state index contributed by atoms with van der Waals surface area (Å²) in [4.78, 5) is 4.83. The molecule has 2 heterocycles. The molecular weight excluding hydrogens is 486 g/mol. The molecule has 1 fully saturated rings. The van der Waals surface area contributed by atoms with Gasteiger partial charge in [-0.15, -0.1) is 0 Å². The Hall–Kier alpha value is -2.88. The Bertz CT molecular complexity index is 1300. The maximum Gasteiger partial charge on any atom is 0.213 e. The van der Waals surface area contributed by atoms with E-state index in [1.54, 1.807) is 50.4 Å². The van der Waals surface area contributed by atoms with Gasteiger partial charge in [0, 0.05) is 6.21 Å². The molecule has 1 unspecified atom stereocenters. The highest BCUT2D eigenvalue weighted by atomic mass is 32.2. The maximum atomic E-state index is 12.9. The first-order chi connectivity index (χ1) is 17.5. The fourth-order valence-corrected chi connectivity index (χ4v) is 6.06. The van der Waals surface area contributed by atoms with Gasteiger partial charge >= 0.3 is 0 Å². The molecule has 0 radical (unpaired) electrons. The molecular formula is C28H39N5O3S. The number of hydrogen-bond acceptors (Lipinski definition) is 8. The Labute approximate surface area is 220 Å². The van der Waals surface area contributed by atoms with Gasteiger partial charge in [-0.05, 0) is 108 Å². The average Bonchev–Trinajstić information content (AvgIpc) is 2.85. The molecule has 4 rings (SSSR count). The lowest BCUT2D eigenvalue weighted by Gasteiger charge is -2.34. The third-order valence-electron chi connectivity index (χ3n) is 6.85. The van der Waals surface area contributed by atoms with E-state index in [0.29, 0.717) is 23.2 Å². The number of rotatable bonds is 8. The van der Waals surface area contributed by atoms with Crippen LogP contribution in [0.4, 0.5) is 5.69 Å². The van der Waals surface area contributed by atoms with Crippen LogP contribution in [0.5, 0.6) is 5.75 Å². The lowest BCUT2D eigenvalue weighted by molar-refractivity contribution is 0.231. The highest BCUT2D eigenvalue weighted by molar-refractivity contribution is 7.92. The van der Waals surface area contributed by atoms with Crippen LogP contribution in [0.25, 0.3) is 0 Å². The fourth-order valence-electron chi connectivity index (χ4n) is 4.86. The SMILES string of the molecule is Cc1cc(C2(N)N=CC=C(Nc3ccccc3S(=O)(=O)C(C)C)N2)c(OC(C)C)cc1C1CCNCC1. The Balaban J connectivity index is 1.67. The van der Waals surface area contributed by atoms with Gasteiger partial charge in [-0.1, -0.05) is 12.1 Å². The van der Waals surface area contributed by atoms with Gasteiger partial charge in [0.25, 0.3) is 0 Å². The second-order valence-corrected chi connectivity index (χ2v) is 12.8. The highest BCUT2D eigenvalue weighted by Crippen LogP contribution is 2.38. The molecule has 2 aliphatic heterocycles. The lowest BCUT2D eigenvalue weighted by atomic mass is 9.85. The van der Waals surface area contributed by atoms with Crippen molar-refractivity contribution in [3.8, 4) is 5.75 Å². The summed E-state index contributed by atoms with van der Waals surface area (Å²) in [6.45, 7) is 11.5. The molecule has 9 heteroatoms. The minimum Gasteiger partial charge on any atom is -0.490 e. The van der Waals surface area contributed by atoms with Crippen LogP contribution in [0.15, 0.2) is 58.2 Å². The molecule has 0 spiro atoms. The van der Waals surface area contributed by atoms with Crippen molar-refractivity contribution < 1.29 is 13.2 Å². The molecule has 200 valence electrons. The quantitative estimate of drug-likeness (QED) is 0.409. The summed E-state index contributed by atoms with van der Waals surface area (Å²) in [5.74, 6) is 0.410. The maximum absolute atomic E-state index is 12.9. The molecule has 5 N–H and O–H groups in total. The molecule has 0 bridgehead atoms. The largest absolute Gasteiger partial charge is 0.490 e. The average molecular weight is 526 g/mol. The number of allylic oxidation sites excluding steroid dienone is 1. The van der Waals surface area contributed by atoms with E-state index in [2.05, 4.69) is 40.0 Å². The van der Waals surface area contributed by atoms with Crippen molar-refractivity contribution in [1.82, 2.24) is 10.6 Å². The van der Waals surface area contributed by atoms with Crippen molar-refractivity contribution in [1.29, 1.82) is 0 Å². The van der Waals surface area contributed by atoms with Crippen LogP contribution >= 0.6 is 0 Å². The standard InChI is InChI=1S/C28H39N5O3S/c1-18(2)36-25-17-22(21-10-13-30-14-11-21)20(5)16-23(25)28(29)31-15-12-27(33-28)32-24-8-6-7-9-26(24)37(34,35)19(3)4/h6-9,12,15-19,21,30,32-33H,10-11,13-14,29H2,1-5H3. The van der Waals surface area contributed by atoms with Gasteiger partial charge in [-0.25, -0.2) is 13.4 Å². The highest BCUT2D eigenvalue weighted by Gasteiger charge is 2.34. The number of piperidine rings is 1. The van der Waals surface area contributed by atoms with Gasteiger partial charge < -0.3 is 20.7 Å². The van der Waals surface area contributed by atoms with Crippen LogP contribution in [0.1, 0.15) is 63.1 Å². The summed E-state index contributed by atoms with van der Waals surface area (Å²) in [5, 5.41) is 9.40. The third-order valence-corrected chi connectivity index (χ3v) is 9.06. The van der Waals surface area contributed by atoms with Gasteiger partial charge in [0.05, 0.1) is 27.5 Å². The Morgan fingerprint density at radius 3 is 2.51 bits per heavy atom. The number of nitrogens with one attached hydrogen (secondary N) is 3. The predicted octanol–water partition coefficient (Wildman–Crippen LogP) is 4.13. The van der Waals surface area contributed by atoms with Gasteiger partial charge in [-0.2, -0.15) is 0 Å². The predicted molar refractivity (Wildman–Crippen MR) is 150 cm³/mol. The molecule has 0 aliphatic carbocycles. The number of nitrogens with two attached hydrogens (primary N) is 1. The number of para-hydroxylation sites is 1. The monoisotopic (exact) mass is 525 g/mol. The van der Waals surface area contributed by atoms with E-state index in [9.17, 15) is 8.42 Å². The van der Waals surface area contributed by atoms with Crippen LogP contribution in [0, 0.1) is 6.92 Å². The number of aryl methyl sites for hydroxylation is 1. The summed E-state index contributed by atoms with van der Waals surface area (Å²) < 4.78 is 32.1. The van der Waals surface area contributed by atoms with Crippen molar-refractivity contribution in [3.05, 3.63) is 65.0 Å². The smallest absolute Gasteiger partial charge is 0.213 e. The van der Waals surface area contributed by atoms with E-state index in [1.807, 2.05) is 13.8 Å². The molecule has 0 amide bonds. The van der Waals surface area contributed by atoms with Gasteiger partial charge in [0.2, 0.25) is 5.79 Å². The normalized spacial score (nSPS) is 20.6.